The summed E-state index contributed by atoms with van der Waals surface area (Å²) in [5.74, 6) is 0.565. The predicted octanol–water partition coefficient (Wildman–Crippen LogP) is 7.54. The van der Waals surface area contributed by atoms with Crippen molar-refractivity contribution in [1.82, 2.24) is 0 Å². The van der Waals surface area contributed by atoms with Crippen LogP contribution in [-0.4, -0.2) is 0 Å². The SMILES string of the molecule is CC.Cc1c(C(C)C)sc(-c2ccccc2)c1-c1ccccc1. The summed E-state index contributed by atoms with van der Waals surface area (Å²) in [6.45, 7) is 10.8. The van der Waals surface area contributed by atoms with Gasteiger partial charge in [0.2, 0.25) is 0 Å². The van der Waals surface area contributed by atoms with Crippen molar-refractivity contribution in [2.45, 2.75) is 40.5 Å². The summed E-state index contributed by atoms with van der Waals surface area (Å²) in [7, 11) is 0. The highest BCUT2D eigenvalue weighted by atomic mass is 32.1. The van der Waals surface area contributed by atoms with E-state index in [1.54, 1.807) is 0 Å². The molecule has 1 heteroatoms. The van der Waals surface area contributed by atoms with Crippen molar-refractivity contribution in [3.05, 3.63) is 71.1 Å². The summed E-state index contributed by atoms with van der Waals surface area (Å²) >= 11 is 1.94. The lowest BCUT2D eigenvalue weighted by molar-refractivity contribution is 0.881. The van der Waals surface area contributed by atoms with Gasteiger partial charge in [0.15, 0.2) is 0 Å². The van der Waals surface area contributed by atoms with Crippen LogP contribution in [0.2, 0.25) is 0 Å². The van der Waals surface area contributed by atoms with Gasteiger partial charge in [0.05, 0.1) is 0 Å². The molecule has 0 aliphatic heterocycles. The van der Waals surface area contributed by atoms with Gasteiger partial charge < -0.3 is 0 Å². The van der Waals surface area contributed by atoms with E-state index >= 15 is 0 Å². The highest BCUT2D eigenvalue weighted by molar-refractivity contribution is 7.16. The molecule has 0 unspecified atom stereocenters. The molecular weight excluding hydrogens is 296 g/mol. The zero-order valence-corrected chi connectivity index (χ0v) is 15.6. The van der Waals surface area contributed by atoms with E-state index in [9.17, 15) is 0 Å². The van der Waals surface area contributed by atoms with E-state index in [0.29, 0.717) is 5.92 Å². The lowest BCUT2D eigenvalue weighted by Crippen LogP contribution is -1.86. The summed E-state index contributed by atoms with van der Waals surface area (Å²) in [5.41, 5.74) is 5.46. The molecule has 120 valence electrons. The Morgan fingerprint density at radius 3 is 1.70 bits per heavy atom. The molecule has 3 aromatic rings. The fourth-order valence-electron chi connectivity index (χ4n) is 2.83. The van der Waals surface area contributed by atoms with Gasteiger partial charge in [0.1, 0.15) is 0 Å². The van der Waals surface area contributed by atoms with Crippen LogP contribution in [0.1, 0.15) is 44.1 Å². The predicted molar refractivity (Wildman–Crippen MR) is 105 cm³/mol. The molecule has 23 heavy (non-hydrogen) atoms. The molecule has 0 amide bonds. The molecule has 0 N–H and O–H groups in total. The van der Waals surface area contributed by atoms with Crippen LogP contribution in [0.3, 0.4) is 0 Å². The van der Waals surface area contributed by atoms with Crippen LogP contribution in [0.5, 0.6) is 0 Å². The minimum Gasteiger partial charge on any atom is -0.139 e. The first-order chi connectivity index (χ1) is 11.2. The molecule has 0 nitrogen and oxygen atoms in total. The molecule has 0 radical (unpaired) electrons. The second-order valence-corrected chi connectivity index (χ2v) is 6.73. The smallest absolute Gasteiger partial charge is 0.0426 e. The highest BCUT2D eigenvalue weighted by Gasteiger charge is 2.19. The topological polar surface area (TPSA) is 0 Å². The van der Waals surface area contributed by atoms with Crippen molar-refractivity contribution in [3.8, 4) is 21.6 Å². The van der Waals surface area contributed by atoms with Crippen LogP contribution in [-0.2, 0) is 0 Å². The Labute approximate surface area is 144 Å². The maximum Gasteiger partial charge on any atom is 0.0426 e. The van der Waals surface area contributed by atoms with Gasteiger partial charge in [-0.05, 0) is 29.5 Å². The Kier molecular flexibility index (Phi) is 6.18. The minimum absolute atomic E-state index is 0.565. The maximum absolute atomic E-state index is 2.28. The second kappa shape index (κ2) is 8.12. The van der Waals surface area contributed by atoms with Crippen molar-refractivity contribution in [1.29, 1.82) is 0 Å². The molecule has 0 aliphatic carbocycles. The first-order valence-corrected chi connectivity index (χ1v) is 9.24. The summed E-state index contributed by atoms with van der Waals surface area (Å²) in [6.07, 6.45) is 0. The summed E-state index contributed by atoms with van der Waals surface area (Å²) in [5, 5.41) is 0. The zero-order valence-electron chi connectivity index (χ0n) is 14.8. The zero-order chi connectivity index (χ0) is 16.8. The normalized spacial score (nSPS) is 10.3. The van der Waals surface area contributed by atoms with Crippen molar-refractivity contribution >= 4 is 11.3 Å². The molecule has 0 saturated heterocycles. The van der Waals surface area contributed by atoms with E-state index in [1.165, 1.54) is 32.0 Å². The quantitative estimate of drug-likeness (QED) is 0.467. The summed E-state index contributed by atoms with van der Waals surface area (Å²) in [4.78, 5) is 2.88. The fraction of sp³-hybridized carbons (Fsp3) is 0.273. The first kappa shape index (κ1) is 17.5. The van der Waals surface area contributed by atoms with Crippen LogP contribution < -0.4 is 0 Å². The van der Waals surface area contributed by atoms with E-state index in [0.717, 1.165) is 0 Å². The standard InChI is InChI=1S/C20H20S.C2H6/c1-14(2)19-15(3)18(16-10-6-4-7-11-16)20(21-19)17-12-8-5-9-13-17;1-2/h4-14H,1-3H3;1-2H3. The number of hydrogen-bond donors (Lipinski definition) is 0. The van der Waals surface area contributed by atoms with Crippen molar-refractivity contribution < 1.29 is 0 Å². The molecule has 0 spiro atoms. The van der Waals surface area contributed by atoms with Crippen LogP contribution in [0.4, 0.5) is 0 Å². The molecule has 1 heterocycles. The van der Waals surface area contributed by atoms with Gasteiger partial charge in [-0.25, -0.2) is 0 Å². The minimum atomic E-state index is 0.565. The first-order valence-electron chi connectivity index (χ1n) is 8.42. The number of hydrogen-bond acceptors (Lipinski definition) is 1. The Bertz CT molecular complexity index is 721. The third-order valence-electron chi connectivity index (χ3n) is 3.81. The maximum atomic E-state index is 2.28. The largest absolute Gasteiger partial charge is 0.139 e. The Morgan fingerprint density at radius 1 is 0.739 bits per heavy atom. The van der Waals surface area contributed by atoms with Crippen LogP contribution in [0.25, 0.3) is 21.6 Å². The highest BCUT2D eigenvalue weighted by Crippen LogP contribution is 2.45. The van der Waals surface area contributed by atoms with Gasteiger partial charge in [-0.2, -0.15) is 0 Å². The van der Waals surface area contributed by atoms with Gasteiger partial charge in [0, 0.05) is 15.3 Å². The van der Waals surface area contributed by atoms with Gasteiger partial charge in [-0.3, -0.25) is 0 Å². The lowest BCUT2D eigenvalue weighted by Gasteiger charge is -2.07. The molecule has 0 aliphatic rings. The Balaban J connectivity index is 0.000000924. The molecule has 0 fully saturated rings. The number of rotatable bonds is 3. The Hall–Kier alpha value is -1.86. The van der Waals surface area contributed by atoms with E-state index in [2.05, 4.69) is 81.4 Å². The lowest BCUT2D eigenvalue weighted by atomic mass is 9.96. The molecule has 1 aromatic heterocycles. The average molecular weight is 323 g/mol. The van der Waals surface area contributed by atoms with Crippen molar-refractivity contribution in [2.24, 2.45) is 0 Å². The fourth-order valence-corrected chi connectivity index (χ4v) is 4.16. The summed E-state index contributed by atoms with van der Waals surface area (Å²) < 4.78 is 0. The van der Waals surface area contributed by atoms with Gasteiger partial charge in [-0.15, -0.1) is 11.3 Å². The third kappa shape index (κ3) is 3.73. The van der Waals surface area contributed by atoms with E-state index < -0.39 is 0 Å². The molecule has 0 bridgehead atoms. The molecule has 0 atom stereocenters. The number of benzene rings is 2. The van der Waals surface area contributed by atoms with Crippen LogP contribution >= 0.6 is 11.3 Å². The number of thiophene rings is 1. The molecule has 0 saturated carbocycles. The molecule has 3 rings (SSSR count). The second-order valence-electron chi connectivity index (χ2n) is 5.68. The van der Waals surface area contributed by atoms with Gasteiger partial charge >= 0.3 is 0 Å². The van der Waals surface area contributed by atoms with E-state index in [-0.39, 0.29) is 0 Å². The average Bonchev–Trinajstić information content (AvgIpc) is 2.96. The van der Waals surface area contributed by atoms with Crippen LogP contribution in [0, 0.1) is 6.92 Å². The van der Waals surface area contributed by atoms with Crippen molar-refractivity contribution in [2.75, 3.05) is 0 Å². The van der Waals surface area contributed by atoms with E-state index in [1.807, 2.05) is 25.2 Å². The monoisotopic (exact) mass is 322 g/mol. The summed E-state index contributed by atoms with van der Waals surface area (Å²) in [6, 6.07) is 21.5. The van der Waals surface area contributed by atoms with Crippen LogP contribution in [0.15, 0.2) is 60.7 Å². The van der Waals surface area contributed by atoms with Crippen molar-refractivity contribution in [3.63, 3.8) is 0 Å². The molecular formula is C22H26S. The Morgan fingerprint density at radius 2 is 1.22 bits per heavy atom. The molecule has 2 aromatic carbocycles. The third-order valence-corrected chi connectivity index (χ3v) is 5.45. The van der Waals surface area contributed by atoms with E-state index in [4.69, 9.17) is 0 Å². The van der Waals surface area contributed by atoms with Gasteiger partial charge in [0.25, 0.3) is 0 Å². The van der Waals surface area contributed by atoms with Gasteiger partial charge in [-0.1, -0.05) is 88.4 Å².